The molecule has 0 aromatic rings. The summed E-state index contributed by atoms with van der Waals surface area (Å²) in [4.78, 5) is 10.9. The fourth-order valence-corrected chi connectivity index (χ4v) is 1.11. The quantitative estimate of drug-likeness (QED) is 0.370. The Hall–Kier alpha value is -0.830. The molecule has 0 radical (unpaired) electrons. The molecule has 1 aliphatic rings. The Labute approximate surface area is 78.7 Å². The molecule has 1 fully saturated rings. The van der Waals surface area contributed by atoms with E-state index in [1.807, 2.05) is 0 Å². The standard InChI is InChI=1S/C10H16O3/c1-8(2)10(11)13-6-3-4-9-5-7-12-9/h9H,1,3-7H2,2H3. The lowest BCUT2D eigenvalue weighted by Gasteiger charge is -2.26. The number of hydrogen-bond donors (Lipinski definition) is 0. The van der Waals surface area contributed by atoms with Crippen LogP contribution in [0, 0.1) is 0 Å². The molecule has 1 unspecified atom stereocenters. The van der Waals surface area contributed by atoms with Gasteiger partial charge in [-0.05, 0) is 26.2 Å². The van der Waals surface area contributed by atoms with E-state index in [-0.39, 0.29) is 5.97 Å². The van der Waals surface area contributed by atoms with Gasteiger partial charge in [-0.15, -0.1) is 0 Å². The summed E-state index contributed by atoms with van der Waals surface area (Å²) in [7, 11) is 0. The van der Waals surface area contributed by atoms with Gasteiger partial charge >= 0.3 is 5.97 Å². The molecular weight excluding hydrogens is 168 g/mol. The zero-order valence-corrected chi connectivity index (χ0v) is 8.04. The highest BCUT2D eigenvalue weighted by Gasteiger charge is 2.17. The molecule has 1 atom stereocenters. The van der Waals surface area contributed by atoms with Gasteiger partial charge in [0, 0.05) is 12.2 Å². The Bertz CT molecular complexity index is 194. The molecule has 13 heavy (non-hydrogen) atoms. The minimum absolute atomic E-state index is 0.297. The Balaban J connectivity index is 1.94. The smallest absolute Gasteiger partial charge is 0.333 e. The van der Waals surface area contributed by atoms with E-state index in [9.17, 15) is 4.79 Å². The Morgan fingerprint density at radius 1 is 1.69 bits per heavy atom. The fraction of sp³-hybridized carbons (Fsp3) is 0.700. The predicted octanol–water partition coefficient (Wildman–Crippen LogP) is 1.67. The molecule has 1 rings (SSSR count). The first-order valence-corrected chi connectivity index (χ1v) is 4.64. The first-order valence-electron chi connectivity index (χ1n) is 4.64. The zero-order valence-electron chi connectivity index (χ0n) is 8.04. The molecule has 0 aliphatic carbocycles. The van der Waals surface area contributed by atoms with Gasteiger partial charge in [-0.3, -0.25) is 0 Å². The van der Waals surface area contributed by atoms with Crippen LogP contribution in [0.5, 0.6) is 0 Å². The molecule has 0 spiro atoms. The van der Waals surface area contributed by atoms with Gasteiger partial charge in [-0.2, -0.15) is 0 Å². The second-order valence-electron chi connectivity index (χ2n) is 3.34. The first kappa shape index (κ1) is 10.3. The molecule has 1 saturated heterocycles. The zero-order chi connectivity index (χ0) is 9.68. The third kappa shape index (κ3) is 3.59. The van der Waals surface area contributed by atoms with Crippen molar-refractivity contribution in [3.8, 4) is 0 Å². The van der Waals surface area contributed by atoms with Crippen LogP contribution in [0.25, 0.3) is 0 Å². The molecular formula is C10H16O3. The lowest BCUT2D eigenvalue weighted by Crippen LogP contribution is -2.26. The van der Waals surface area contributed by atoms with E-state index in [2.05, 4.69) is 6.58 Å². The molecule has 0 amide bonds. The Morgan fingerprint density at radius 3 is 2.85 bits per heavy atom. The topological polar surface area (TPSA) is 35.5 Å². The van der Waals surface area contributed by atoms with E-state index in [4.69, 9.17) is 9.47 Å². The molecule has 0 bridgehead atoms. The third-order valence-corrected chi connectivity index (χ3v) is 2.05. The van der Waals surface area contributed by atoms with E-state index in [0.29, 0.717) is 18.3 Å². The maximum absolute atomic E-state index is 10.9. The Kier molecular flexibility index (Phi) is 3.96. The molecule has 1 heterocycles. The van der Waals surface area contributed by atoms with Gasteiger partial charge in [0.25, 0.3) is 0 Å². The number of carbonyl (C=O) groups excluding carboxylic acids is 1. The van der Waals surface area contributed by atoms with Gasteiger partial charge in [0.2, 0.25) is 0 Å². The number of hydrogen-bond acceptors (Lipinski definition) is 3. The van der Waals surface area contributed by atoms with E-state index in [1.165, 1.54) is 0 Å². The van der Waals surface area contributed by atoms with Crippen molar-refractivity contribution in [3.05, 3.63) is 12.2 Å². The minimum atomic E-state index is -0.297. The molecule has 0 aromatic carbocycles. The molecule has 3 heteroatoms. The highest BCUT2D eigenvalue weighted by Crippen LogP contribution is 2.16. The van der Waals surface area contributed by atoms with Crippen molar-refractivity contribution in [2.75, 3.05) is 13.2 Å². The third-order valence-electron chi connectivity index (χ3n) is 2.05. The molecule has 74 valence electrons. The predicted molar refractivity (Wildman–Crippen MR) is 49.4 cm³/mol. The van der Waals surface area contributed by atoms with Crippen molar-refractivity contribution in [2.24, 2.45) is 0 Å². The maximum atomic E-state index is 10.9. The molecule has 0 aromatic heterocycles. The van der Waals surface area contributed by atoms with Crippen LogP contribution in [0.2, 0.25) is 0 Å². The van der Waals surface area contributed by atoms with Crippen LogP contribution in [0.3, 0.4) is 0 Å². The minimum Gasteiger partial charge on any atom is -0.462 e. The summed E-state index contributed by atoms with van der Waals surface area (Å²) >= 11 is 0. The first-order chi connectivity index (χ1) is 6.20. The number of carbonyl (C=O) groups is 1. The number of rotatable bonds is 5. The summed E-state index contributed by atoms with van der Waals surface area (Å²) in [6.45, 7) is 6.51. The number of esters is 1. The van der Waals surface area contributed by atoms with E-state index in [1.54, 1.807) is 6.92 Å². The fourth-order valence-electron chi connectivity index (χ4n) is 1.11. The van der Waals surface area contributed by atoms with Crippen LogP contribution in [0.15, 0.2) is 12.2 Å². The largest absolute Gasteiger partial charge is 0.462 e. The monoisotopic (exact) mass is 184 g/mol. The highest BCUT2D eigenvalue weighted by atomic mass is 16.5. The van der Waals surface area contributed by atoms with Crippen molar-refractivity contribution in [2.45, 2.75) is 32.3 Å². The van der Waals surface area contributed by atoms with Crippen LogP contribution < -0.4 is 0 Å². The highest BCUT2D eigenvalue weighted by molar-refractivity contribution is 5.86. The lowest BCUT2D eigenvalue weighted by molar-refractivity contribution is -0.139. The van der Waals surface area contributed by atoms with Gasteiger partial charge in [-0.1, -0.05) is 6.58 Å². The average molecular weight is 184 g/mol. The van der Waals surface area contributed by atoms with Gasteiger partial charge < -0.3 is 9.47 Å². The van der Waals surface area contributed by atoms with Gasteiger partial charge in [0.1, 0.15) is 0 Å². The summed E-state index contributed by atoms with van der Waals surface area (Å²) in [5.41, 5.74) is 0.458. The summed E-state index contributed by atoms with van der Waals surface area (Å²) in [6.07, 6.45) is 3.42. The molecule has 0 N–H and O–H groups in total. The average Bonchev–Trinajstić information content (AvgIpc) is 2.00. The Morgan fingerprint density at radius 2 is 2.38 bits per heavy atom. The summed E-state index contributed by atoms with van der Waals surface area (Å²) in [6, 6.07) is 0. The summed E-state index contributed by atoms with van der Waals surface area (Å²) in [5, 5.41) is 0. The lowest BCUT2D eigenvalue weighted by atomic mass is 10.1. The van der Waals surface area contributed by atoms with E-state index in [0.717, 1.165) is 25.9 Å². The molecule has 1 aliphatic heterocycles. The van der Waals surface area contributed by atoms with Crippen LogP contribution in [0.1, 0.15) is 26.2 Å². The SMILES string of the molecule is C=C(C)C(=O)OCCCC1CCO1. The van der Waals surface area contributed by atoms with Gasteiger partial charge in [-0.25, -0.2) is 4.79 Å². The second kappa shape index (κ2) is 5.02. The van der Waals surface area contributed by atoms with Crippen LogP contribution in [0.4, 0.5) is 0 Å². The van der Waals surface area contributed by atoms with E-state index < -0.39 is 0 Å². The van der Waals surface area contributed by atoms with E-state index >= 15 is 0 Å². The van der Waals surface area contributed by atoms with Crippen molar-refractivity contribution < 1.29 is 14.3 Å². The summed E-state index contributed by atoms with van der Waals surface area (Å²) < 4.78 is 10.2. The van der Waals surface area contributed by atoms with Crippen molar-refractivity contribution in [3.63, 3.8) is 0 Å². The number of ether oxygens (including phenoxy) is 2. The van der Waals surface area contributed by atoms with Crippen molar-refractivity contribution in [1.82, 2.24) is 0 Å². The molecule has 0 saturated carbocycles. The van der Waals surface area contributed by atoms with Crippen LogP contribution >= 0.6 is 0 Å². The summed E-state index contributed by atoms with van der Waals surface area (Å²) in [5.74, 6) is -0.297. The van der Waals surface area contributed by atoms with Crippen LogP contribution in [-0.4, -0.2) is 25.3 Å². The molecule has 3 nitrogen and oxygen atoms in total. The van der Waals surface area contributed by atoms with Crippen molar-refractivity contribution >= 4 is 5.97 Å². The van der Waals surface area contributed by atoms with Crippen molar-refractivity contribution in [1.29, 1.82) is 0 Å². The van der Waals surface area contributed by atoms with Crippen LogP contribution in [-0.2, 0) is 14.3 Å². The maximum Gasteiger partial charge on any atom is 0.333 e. The normalized spacial score (nSPS) is 20.5. The van der Waals surface area contributed by atoms with Gasteiger partial charge in [0.15, 0.2) is 0 Å². The van der Waals surface area contributed by atoms with Gasteiger partial charge in [0.05, 0.1) is 12.7 Å². The second-order valence-corrected chi connectivity index (χ2v) is 3.34.